The fourth-order valence-corrected chi connectivity index (χ4v) is 13.4. The lowest BCUT2D eigenvalue weighted by atomic mass is 9.84. The van der Waals surface area contributed by atoms with Crippen molar-refractivity contribution in [3.63, 3.8) is 0 Å². The molecule has 15 rings (SSSR count). The molecule has 14 aromatic carbocycles. The summed E-state index contributed by atoms with van der Waals surface area (Å²) in [6.45, 7) is 0. The van der Waals surface area contributed by atoms with Gasteiger partial charge in [-0.25, -0.2) is 0 Å². The van der Waals surface area contributed by atoms with Gasteiger partial charge in [-0.15, -0.1) is 11.3 Å². The van der Waals surface area contributed by atoms with Crippen LogP contribution in [0.15, 0.2) is 267 Å². The van der Waals surface area contributed by atoms with Crippen molar-refractivity contribution in [1.29, 1.82) is 0 Å². The number of fused-ring (bicyclic) bond motifs is 9. The van der Waals surface area contributed by atoms with E-state index in [2.05, 4.69) is 267 Å². The molecule has 1 heterocycles. The summed E-state index contributed by atoms with van der Waals surface area (Å²) in [4.78, 5) is 0. The number of benzene rings is 14. The van der Waals surface area contributed by atoms with E-state index >= 15 is 0 Å². The first-order valence-electron chi connectivity index (χ1n) is 25.2. The molecular weight excluding hydrogens is 897 g/mol. The van der Waals surface area contributed by atoms with Crippen LogP contribution in [0.25, 0.3) is 152 Å². The Bertz CT molecular complexity index is 4580. The van der Waals surface area contributed by atoms with Gasteiger partial charge in [0.1, 0.15) is 0 Å². The first kappa shape index (κ1) is 41.6. The van der Waals surface area contributed by atoms with Crippen molar-refractivity contribution in [2.75, 3.05) is 0 Å². The van der Waals surface area contributed by atoms with Gasteiger partial charge in [0.05, 0.1) is 0 Å². The minimum atomic E-state index is 1.22. The molecule has 0 bridgehead atoms. The molecule has 0 fully saturated rings. The van der Waals surface area contributed by atoms with Crippen LogP contribution in [0, 0.1) is 0 Å². The van der Waals surface area contributed by atoms with Gasteiger partial charge in [0.2, 0.25) is 0 Å². The smallest absolute Gasteiger partial charge is 0.0361 e. The van der Waals surface area contributed by atoms with Crippen molar-refractivity contribution in [2.45, 2.75) is 0 Å². The molecule has 0 radical (unpaired) electrons. The maximum absolute atomic E-state index is 2.49. The first-order valence-corrected chi connectivity index (χ1v) is 26.1. The molecule has 0 aliphatic heterocycles. The lowest BCUT2D eigenvalue weighted by molar-refractivity contribution is 1.63. The van der Waals surface area contributed by atoms with Crippen LogP contribution >= 0.6 is 11.3 Å². The second-order valence-corrected chi connectivity index (χ2v) is 20.5. The largest absolute Gasteiger partial charge is 0.135 e. The van der Waals surface area contributed by atoms with Crippen molar-refractivity contribution in [2.24, 2.45) is 0 Å². The van der Waals surface area contributed by atoms with E-state index in [4.69, 9.17) is 0 Å². The molecule has 1 heteroatoms. The molecule has 0 amide bonds. The highest BCUT2D eigenvalue weighted by molar-refractivity contribution is 7.26. The topological polar surface area (TPSA) is 0 Å². The van der Waals surface area contributed by atoms with E-state index in [1.807, 2.05) is 11.3 Å². The number of rotatable bonds is 6. The lowest BCUT2D eigenvalue weighted by Gasteiger charge is -2.19. The highest BCUT2D eigenvalue weighted by Gasteiger charge is 2.22. The predicted molar refractivity (Wildman–Crippen MR) is 317 cm³/mol. The molecule has 0 aliphatic carbocycles. The van der Waals surface area contributed by atoms with Crippen LogP contribution in [0.4, 0.5) is 0 Å². The van der Waals surface area contributed by atoms with Crippen LogP contribution < -0.4 is 0 Å². The molecule has 0 aliphatic rings. The van der Waals surface area contributed by atoms with Crippen LogP contribution in [-0.4, -0.2) is 0 Å². The third-order valence-corrected chi connectivity index (χ3v) is 16.6. The molecule has 1 aromatic heterocycles. The lowest BCUT2D eigenvalue weighted by Crippen LogP contribution is -1.92. The van der Waals surface area contributed by atoms with Gasteiger partial charge in [-0.3, -0.25) is 0 Å². The molecule has 338 valence electrons. The van der Waals surface area contributed by atoms with E-state index in [1.165, 1.54) is 152 Å². The van der Waals surface area contributed by atoms with Gasteiger partial charge in [0.15, 0.2) is 0 Å². The summed E-state index contributed by atoms with van der Waals surface area (Å²) in [5.74, 6) is 0. The van der Waals surface area contributed by atoms with E-state index < -0.39 is 0 Å². The van der Waals surface area contributed by atoms with Crippen molar-refractivity contribution < 1.29 is 0 Å². The maximum atomic E-state index is 2.49. The van der Waals surface area contributed by atoms with Crippen molar-refractivity contribution >= 4 is 96.1 Å². The number of hydrogen-bond donors (Lipinski definition) is 0. The quantitative estimate of drug-likeness (QED) is 0.146. The summed E-state index contributed by atoms with van der Waals surface area (Å²) in [6.07, 6.45) is 0. The Kier molecular flexibility index (Phi) is 9.55. The summed E-state index contributed by atoms with van der Waals surface area (Å²) in [6, 6.07) is 99.3. The highest BCUT2D eigenvalue weighted by atomic mass is 32.1. The van der Waals surface area contributed by atoms with Crippen LogP contribution in [0.1, 0.15) is 0 Å². The Morgan fingerprint density at radius 3 is 0.973 bits per heavy atom. The van der Waals surface area contributed by atoms with Gasteiger partial charge >= 0.3 is 0 Å². The third kappa shape index (κ3) is 6.60. The molecule has 15 aromatic rings. The molecule has 0 unspecified atom stereocenters. The SMILES string of the molecule is c1ccc2c(-c3ccc(-c4c5ccccc5c(-c5ccc6sc7cccc(-c8c9ccccc9c(-c9ccc(-c%10cccc%11ccccc%10%11)cc9)c9ccccc89)c7c6c5)c5ccccc45)cc3)cccc2c1. The Balaban J connectivity index is 0.900. The van der Waals surface area contributed by atoms with Gasteiger partial charge in [-0.1, -0.05) is 249 Å². The highest BCUT2D eigenvalue weighted by Crippen LogP contribution is 2.50. The molecule has 0 atom stereocenters. The summed E-state index contributed by atoms with van der Waals surface area (Å²) in [7, 11) is 0. The standard InChI is InChI=1S/C72H44S/c1-3-20-52-45(16-1)18-13-30-54(52)47-34-38-49(39-35-47)68-56-22-5-7-24-58(56)70(59-25-8-6-23-57(59)68)51-42-43-66-65(44-51)72-64(32-15-33-67(72)73-66)71-62-28-11-9-26-60(62)69(61-27-10-12-29-63(61)71)50-40-36-48(37-41-50)55-31-14-19-46-17-2-4-21-53(46)55/h1-44H. The zero-order valence-electron chi connectivity index (χ0n) is 39.8. The molecule has 0 N–H and O–H groups in total. The molecule has 73 heavy (non-hydrogen) atoms. The molecule has 0 saturated heterocycles. The average molecular weight is 941 g/mol. The Morgan fingerprint density at radius 1 is 0.192 bits per heavy atom. The van der Waals surface area contributed by atoms with Gasteiger partial charge in [0.25, 0.3) is 0 Å². The second kappa shape index (κ2) is 16.7. The Labute approximate surface area is 427 Å². The third-order valence-electron chi connectivity index (χ3n) is 15.5. The summed E-state index contributed by atoms with van der Waals surface area (Å²) >= 11 is 1.89. The van der Waals surface area contributed by atoms with Gasteiger partial charge < -0.3 is 0 Å². The Morgan fingerprint density at radius 2 is 0.521 bits per heavy atom. The fourth-order valence-electron chi connectivity index (χ4n) is 12.3. The minimum Gasteiger partial charge on any atom is -0.135 e. The first-order chi connectivity index (χ1) is 36.2. The monoisotopic (exact) mass is 940 g/mol. The van der Waals surface area contributed by atoms with E-state index in [0.717, 1.165) is 0 Å². The van der Waals surface area contributed by atoms with E-state index in [0.29, 0.717) is 0 Å². The van der Waals surface area contributed by atoms with Crippen LogP contribution in [0.2, 0.25) is 0 Å². The average Bonchev–Trinajstić information content (AvgIpc) is 3.84. The number of hydrogen-bond acceptors (Lipinski definition) is 1. The zero-order chi connectivity index (χ0) is 48.0. The molecule has 0 saturated carbocycles. The summed E-state index contributed by atoms with van der Waals surface area (Å²) in [5.41, 5.74) is 15.0. The number of thiophene rings is 1. The Hall–Kier alpha value is -9.14. The van der Waals surface area contributed by atoms with Gasteiger partial charge in [-0.2, -0.15) is 0 Å². The van der Waals surface area contributed by atoms with Crippen molar-refractivity contribution in [1.82, 2.24) is 0 Å². The fraction of sp³-hybridized carbons (Fsp3) is 0. The maximum Gasteiger partial charge on any atom is 0.0361 e. The second-order valence-electron chi connectivity index (χ2n) is 19.4. The van der Waals surface area contributed by atoms with Crippen molar-refractivity contribution in [3.8, 4) is 66.8 Å². The van der Waals surface area contributed by atoms with E-state index in [1.54, 1.807) is 0 Å². The molecule has 0 spiro atoms. The molecular formula is C72H44S. The van der Waals surface area contributed by atoms with Gasteiger partial charge in [0, 0.05) is 20.2 Å². The van der Waals surface area contributed by atoms with Crippen LogP contribution in [0.5, 0.6) is 0 Å². The summed E-state index contributed by atoms with van der Waals surface area (Å²) in [5, 5.41) is 17.7. The van der Waals surface area contributed by atoms with E-state index in [-0.39, 0.29) is 0 Å². The zero-order valence-corrected chi connectivity index (χ0v) is 40.6. The normalized spacial score (nSPS) is 11.8. The molecule has 0 nitrogen and oxygen atoms in total. The minimum absolute atomic E-state index is 1.22. The van der Waals surface area contributed by atoms with Crippen LogP contribution in [0.3, 0.4) is 0 Å². The van der Waals surface area contributed by atoms with Crippen LogP contribution in [-0.2, 0) is 0 Å². The van der Waals surface area contributed by atoms with Crippen molar-refractivity contribution in [3.05, 3.63) is 267 Å². The summed E-state index contributed by atoms with van der Waals surface area (Å²) < 4.78 is 2.59. The predicted octanol–water partition coefficient (Wildman–Crippen LogP) is 21.0. The van der Waals surface area contributed by atoms with Gasteiger partial charge in [-0.05, 0) is 150 Å². The van der Waals surface area contributed by atoms with E-state index in [9.17, 15) is 0 Å².